The number of nitrogens with one attached hydrogen (secondary N) is 1. The van der Waals surface area contributed by atoms with Gasteiger partial charge in [-0.1, -0.05) is 18.2 Å². The van der Waals surface area contributed by atoms with Gasteiger partial charge in [0, 0.05) is 25.1 Å². The van der Waals surface area contributed by atoms with Crippen LogP contribution >= 0.6 is 0 Å². The van der Waals surface area contributed by atoms with Gasteiger partial charge in [-0.3, -0.25) is 14.4 Å². The van der Waals surface area contributed by atoms with Crippen molar-refractivity contribution in [3.63, 3.8) is 0 Å². The molecule has 3 amide bonds. The molecule has 6 nitrogen and oxygen atoms in total. The third kappa shape index (κ3) is 4.07. The molecule has 1 aromatic carbocycles. The summed E-state index contributed by atoms with van der Waals surface area (Å²) in [6, 6.07) is 8.46. The first kappa shape index (κ1) is 16.0. The molecule has 0 saturated carbocycles. The van der Waals surface area contributed by atoms with Crippen molar-refractivity contribution in [1.29, 1.82) is 0 Å². The van der Waals surface area contributed by atoms with Crippen LogP contribution in [0.15, 0.2) is 30.3 Å². The van der Waals surface area contributed by atoms with Gasteiger partial charge < -0.3 is 16.0 Å². The molecule has 118 valence electrons. The molecule has 3 N–H and O–H groups in total. The molecule has 22 heavy (non-hydrogen) atoms. The van der Waals surface area contributed by atoms with Crippen molar-refractivity contribution in [2.45, 2.75) is 31.7 Å². The average Bonchev–Trinajstić information content (AvgIpc) is 3.02. The first-order valence-corrected chi connectivity index (χ1v) is 7.51. The summed E-state index contributed by atoms with van der Waals surface area (Å²) in [5.41, 5.74) is 5.89. The smallest absolute Gasteiger partial charge is 0.251 e. The van der Waals surface area contributed by atoms with Gasteiger partial charge in [-0.05, 0) is 31.4 Å². The van der Waals surface area contributed by atoms with E-state index in [1.807, 2.05) is 6.07 Å². The number of carbonyl (C=O) groups is 3. The highest BCUT2D eigenvalue weighted by Gasteiger charge is 2.31. The molecule has 0 aromatic heterocycles. The molecule has 6 heteroatoms. The van der Waals surface area contributed by atoms with Crippen molar-refractivity contribution in [1.82, 2.24) is 10.2 Å². The van der Waals surface area contributed by atoms with Crippen LogP contribution in [0.3, 0.4) is 0 Å². The van der Waals surface area contributed by atoms with Crippen LogP contribution in [0.5, 0.6) is 0 Å². The molecular weight excluding hydrogens is 282 g/mol. The van der Waals surface area contributed by atoms with Crippen LogP contribution in [0, 0.1) is 0 Å². The number of benzene rings is 1. The second kappa shape index (κ2) is 7.59. The third-order valence-electron chi connectivity index (χ3n) is 3.79. The van der Waals surface area contributed by atoms with Gasteiger partial charge in [-0.2, -0.15) is 0 Å². The summed E-state index contributed by atoms with van der Waals surface area (Å²) in [4.78, 5) is 36.7. The minimum atomic E-state index is -0.466. The van der Waals surface area contributed by atoms with E-state index in [4.69, 9.17) is 5.73 Å². The second-order valence-electron chi connectivity index (χ2n) is 5.37. The Hall–Kier alpha value is -2.37. The molecule has 1 saturated heterocycles. The molecule has 0 aliphatic carbocycles. The Morgan fingerprint density at radius 1 is 1.23 bits per heavy atom. The standard InChI is InChI=1S/C16H21N3O3/c17-15(21)13-8-5-11-19(13)14(20)9-4-10-18-16(22)12-6-2-1-3-7-12/h1-3,6-7,13H,4-5,8-11H2,(H2,17,21)(H,18,22)/t13-/m0/s1. The molecule has 1 aliphatic heterocycles. The van der Waals surface area contributed by atoms with Crippen molar-refractivity contribution in [3.8, 4) is 0 Å². The fourth-order valence-corrected chi connectivity index (χ4v) is 2.64. The number of primary amides is 1. The Kier molecular flexibility index (Phi) is 5.52. The molecular formula is C16H21N3O3. The summed E-state index contributed by atoms with van der Waals surface area (Å²) in [6.07, 6.45) is 2.30. The van der Waals surface area contributed by atoms with Crippen molar-refractivity contribution in [2.75, 3.05) is 13.1 Å². The van der Waals surface area contributed by atoms with E-state index in [-0.39, 0.29) is 11.8 Å². The van der Waals surface area contributed by atoms with Crippen LogP contribution < -0.4 is 11.1 Å². The molecule has 0 radical (unpaired) electrons. The Morgan fingerprint density at radius 3 is 2.64 bits per heavy atom. The molecule has 1 aromatic rings. The van der Waals surface area contributed by atoms with E-state index >= 15 is 0 Å². The number of hydrogen-bond acceptors (Lipinski definition) is 3. The third-order valence-corrected chi connectivity index (χ3v) is 3.79. The number of rotatable bonds is 6. The van der Waals surface area contributed by atoms with Crippen LogP contribution in [-0.4, -0.2) is 41.8 Å². The summed E-state index contributed by atoms with van der Waals surface area (Å²) < 4.78 is 0. The second-order valence-corrected chi connectivity index (χ2v) is 5.37. The van der Waals surface area contributed by atoms with Crippen LogP contribution in [0.25, 0.3) is 0 Å². The lowest BCUT2D eigenvalue weighted by Gasteiger charge is -2.22. The van der Waals surface area contributed by atoms with E-state index in [9.17, 15) is 14.4 Å². The highest BCUT2D eigenvalue weighted by atomic mass is 16.2. The van der Waals surface area contributed by atoms with E-state index in [0.717, 1.165) is 6.42 Å². The normalized spacial score (nSPS) is 17.3. The lowest BCUT2D eigenvalue weighted by molar-refractivity contribution is -0.137. The number of nitrogens with two attached hydrogens (primary N) is 1. The maximum absolute atomic E-state index is 12.1. The summed E-state index contributed by atoms with van der Waals surface area (Å²) >= 11 is 0. The minimum Gasteiger partial charge on any atom is -0.368 e. The van der Waals surface area contributed by atoms with Gasteiger partial charge in [-0.15, -0.1) is 0 Å². The van der Waals surface area contributed by atoms with Gasteiger partial charge in [0.2, 0.25) is 11.8 Å². The topological polar surface area (TPSA) is 92.5 Å². The molecule has 1 atom stereocenters. The highest BCUT2D eigenvalue weighted by molar-refractivity contribution is 5.94. The van der Waals surface area contributed by atoms with Crippen LogP contribution in [0.2, 0.25) is 0 Å². The van der Waals surface area contributed by atoms with Gasteiger partial charge in [0.05, 0.1) is 0 Å². The maximum Gasteiger partial charge on any atom is 0.251 e. The van der Waals surface area contributed by atoms with E-state index < -0.39 is 11.9 Å². The van der Waals surface area contributed by atoms with E-state index in [0.29, 0.717) is 37.9 Å². The monoisotopic (exact) mass is 303 g/mol. The quantitative estimate of drug-likeness (QED) is 0.757. The number of nitrogens with zero attached hydrogens (tertiary/aromatic N) is 1. The molecule has 1 aliphatic rings. The van der Waals surface area contributed by atoms with Gasteiger partial charge in [0.25, 0.3) is 5.91 Å². The Labute approximate surface area is 129 Å². The first-order valence-electron chi connectivity index (χ1n) is 7.51. The molecule has 0 unspecified atom stereocenters. The average molecular weight is 303 g/mol. The lowest BCUT2D eigenvalue weighted by Crippen LogP contribution is -2.43. The molecule has 1 heterocycles. The largest absolute Gasteiger partial charge is 0.368 e. The molecule has 0 bridgehead atoms. The van der Waals surface area contributed by atoms with Crippen LogP contribution in [-0.2, 0) is 9.59 Å². The van der Waals surface area contributed by atoms with Crippen molar-refractivity contribution >= 4 is 17.7 Å². The molecule has 1 fully saturated rings. The van der Waals surface area contributed by atoms with E-state index in [2.05, 4.69) is 5.32 Å². The van der Waals surface area contributed by atoms with Crippen LogP contribution in [0.4, 0.5) is 0 Å². The Bertz CT molecular complexity index is 545. The number of likely N-dealkylation sites (tertiary alicyclic amines) is 1. The predicted molar refractivity (Wildman–Crippen MR) is 81.9 cm³/mol. The Morgan fingerprint density at radius 2 is 1.95 bits per heavy atom. The summed E-state index contributed by atoms with van der Waals surface area (Å²) in [5, 5.41) is 2.78. The molecule has 0 spiro atoms. The zero-order valence-corrected chi connectivity index (χ0v) is 12.5. The number of amides is 3. The van der Waals surface area contributed by atoms with Crippen LogP contribution in [0.1, 0.15) is 36.0 Å². The fourth-order valence-electron chi connectivity index (χ4n) is 2.64. The summed E-state index contributed by atoms with van der Waals surface area (Å²) in [5.74, 6) is -0.664. The Balaban J connectivity index is 1.71. The van der Waals surface area contributed by atoms with E-state index in [1.165, 1.54) is 0 Å². The van der Waals surface area contributed by atoms with Crippen molar-refractivity contribution in [2.24, 2.45) is 5.73 Å². The fraction of sp³-hybridized carbons (Fsp3) is 0.438. The van der Waals surface area contributed by atoms with Gasteiger partial charge in [0.1, 0.15) is 6.04 Å². The predicted octanol–water partition coefficient (Wildman–Crippen LogP) is 0.673. The van der Waals surface area contributed by atoms with Crippen molar-refractivity contribution < 1.29 is 14.4 Å². The number of hydrogen-bond donors (Lipinski definition) is 2. The zero-order valence-electron chi connectivity index (χ0n) is 12.5. The maximum atomic E-state index is 12.1. The first-order chi connectivity index (χ1) is 10.6. The van der Waals surface area contributed by atoms with Crippen molar-refractivity contribution in [3.05, 3.63) is 35.9 Å². The zero-order chi connectivity index (χ0) is 15.9. The van der Waals surface area contributed by atoms with Gasteiger partial charge in [-0.25, -0.2) is 0 Å². The van der Waals surface area contributed by atoms with Gasteiger partial charge in [0.15, 0.2) is 0 Å². The lowest BCUT2D eigenvalue weighted by atomic mass is 10.2. The summed E-state index contributed by atoms with van der Waals surface area (Å²) in [7, 11) is 0. The highest BCUT2D eigenvalue weighted by Crippen LogP contribution is 2.18. The van der Waals surface area contributed by atoms with E-state index in [1.54, 1.807) is 29.2 Å². The number of carbonyl (C=O) groups excluding carboxylic acids is 3. The molecule has 2 rings (SSSR count). The van der Waals surface area contributed by atoms with Gasteiger partial charge >= 0.3 is 0 Å². The SMILES string of the molecule is NC(=O)[C@@H]1CCCN1C(=O)CCCNC(=O)c1ccccc1. The summed E-state index contributed by atoms with van der Waals surface area (Å²) in [6.45, 7) is 1.01. The minimum absolute atomic E-state index is 0.0738.